The highest BCUT2D eigenvalue weighted by Crippen LogP contribution is 2.12. The van der Waals surface area contributed by atoms with Crippen molar-refractivity contribution in [1.29, 1.82) is 0 Å². The first-order valence-electron chi connectivity index (χ1n) is 7.23. The molecule has 0 bridgehead atoms. The van der Waals surface area contributed by atoms with E-state index in [0.717, 1.165) is 13.0 Å². The predicted molar refractivity (Wildman–Crippen MR) is 78.2 cm³/mol. The third-order valence-electron chi connectivity index (χ3n) is 2.42. The molecule has 19 heavy (non-hydrogen) atoms. The van der Waals surface area contributed by atoms with Crippen molar-refractivity contribution in [1.82, 2.24) is 5.32 Å². The molecular formula is C15H31NO3. The Labute approximate surface area is 118 Å². The summed E-state index contributed by atoms with van der Waals surface area (Å²) in [6.07, 6.45) is 1.54. The summed E-state index contributed by atoms with van der Waals surface area (Å²) in [5.74, 6) is 0.684. The van der Waals surface area contributed by atoms with Gasteiger partial charge in [0.25, 0.3) is 0 Å². The lowest BCUT2D eigenvalue weighted by atomic mass is 9.99. The van der Waals surface area contributed by atoms with E-state index in [9.17, 15) is 4.79 Å². The number of hydrogen-bond acceptors (Lipinski definition) is 3. The monoisotopic (exact) mass is 273 g/mol. The van der Waals surface area contributed by atoms with Gasteiger partial charge in [0.1, 0.15) is 0 Å². The Morgan fingerprint density at radius 1 is 1.11 bits per heavy atom. The molecule has 0 aromatic carbocycles. The summed E-state index contributed by atoms with van der Waals surface area (Å²) < 4.78 is 10.9. The molecule has 0 saturated carbocycles. The van der Waals surface area contributed by atoms with Gasteiger partial charge in [-0.15, -0.1) is 0 Å². The second kappa shape index (κ2) is 10.2. The topological polar surface area (TPSA) is 47.6 Å². The normalized spacial score (nSPS) is 11.9. The van der Waals surface area contributed by atoms with Crippen molar-refractivity contribution >= 4 is 5.91 Å². The van der Waals surface area contributed by atoms with Crippen LogP contribution < -0.4 is 5.32 Å². The van der Waals surface area contributed by atoms with Crippen LogP contribution in [0.25, 0.3) is 0 Å². The highest BCUT2D eigenvalue weighted by molar-refractivity contribution is 5.75. The lowest BCUT2D eigenvalue weighted by Crippen LogP contribution is -2.27. The van der Waals surface area contributed by atoms with Crippen molar-refractivity contribution in [2.24, 2.45) is 11.3 Å². The molecule has 0 spiro atoms. The molecular weight excluding hydrogens is 242 g/mol. The first-order valence-corrected chi connectivity index (χ1v) is 7.23. The van der Waals surface area contributed by atoms with E-state index in [4.69, 9.17) is 9.47 Å². The van der Waals surface area contributed by atoms with Crippen LogP contribution in [0.3, 0.4) is 0 Å². The van der Waals surface area contributed by atoms with Crippen LogP contribution in [0.15, 0.2) is 0 Å². The van der Waals surface area contributed by atoms with E-state index in [1.54, 1.807) is 0 Å². The van der Waals surface area contributed by atoms with Crippen molar-refractivity contribution in [2.45, 2.75) is 47.5 Å². The Hall–Kier alpha value is -0.610. The quantitative estimate of drug-likeness (QED) is 0.622. The fraction of sp³-hybridized carbons (Fsp3) is 0.933. The van der Waals surface area contributed by atoms with Crippen molar-refractivity contribution < 1.29 is 14.3 Å². The third kappa shape index (κ3) is 15.3. The number of ether oxygens (including phenoxy) is 2. The minimum absolute atomic E-state index is 0.112. The number of nitrogens with one attached hydrogen (secondary N) is 1. The summed E-state index contributed by atoms with van der Waals surface area (Å²) >= 11 is 0. The molecule has 0 saturated heterocycles. The van der Waals surface area contributed by atoms with Gasteiger partial charge < -0.3 is 14.8 Å². The molecule has 0 aromatic rings. The van der Waals surface area contributed by atoms with Crippen LogP contribution in [-0.4, -0.2) is 38.9 Å². The summed E-state index contributed by atoms with van der Waals surface area (Å²) in [7, 11) is 0. The van der Waals surface area contributed by atoms with E-state index in [0.29, 0.717) is 38.7 Å². The molecule has 0 aliphatic carbocycles. The van der Waals surface area contributed by atoms with Crippen molar-refractivity contribution in [2.75, 3.05) is 33.0 Å². The summed E-state index contributed by atoms with van der Waals surface area (Å²) in [6.45, 7) is 13.7. The van der Waals surface area contributed by atoms with E-state index in [1.165, 1.54) is 0 Å². The average molecular weight is 273 g/mol. The van der Waals surface area contributed by atoms with Crippen LogP contribution in [-0.2, 0) is 14.3 Å². The maximum absolute atomic E-state index is 11.4. The Balaban J connectivity index is 3.25. The van der Waals surface area contributed by atoms with Gasteiger partial charge in [-0.25, -0.2) is 0 Å². The fourth-order valence-corrected chi connectivity index (χ4v) is 1.37. The van der Waals surface area contributed by atoms with Crippen LogP contribution in [0.5, 0.6) is 0 Å². The van der Waals surface area contributed by atoms with Gasteiger partial charge in [0.15, 0.2) is 0 Å². The molecule has 4 nitrogen and oxygen atoms in total. The Morgan fingerprint density at radius 3 is 2.32 bits per heavy atom. The summed E-state index contributed by atoms with van der Waals surface area (Å²) in [4.78, 5) is 11.4. The van der Waals surface area contributed by atoms with Crippen LogP contribution in [0.1, 0.15) is 47.5 Å². The average Bonchev–Trinajstić information content (AvgIpc) is 2.28. The van der Waals surface area contributed by atoms with Crippen LogP contribution in [0, 0.1) is 11.3 Å². The molecule has 1 N–H and O–H groups in total. The second-order valence-corrected chi connectivity index (χ2v) is 6.51. The van der Waals surface area contributed by atoms with Gasteiger partial charge in [-0.3, -0.25) is 4.79 Å². The number of rotatable bonds is 10. The number of hydrogen-bond donors (Lipinski definition) is 1. The van der Waals surface area contributed by atoms with Gasteiger partial charge in [-0.2, -0.15) is 0 Å². The van der Waals surface area contributed by atoms with Gasteiger partial charge in [0.05, 0.1) is 26.4 Å². The zero-order valence-corrected chi connectivity index (χ0v) is 13.3. The Morgan fingerprint density at radius 2 is 1.74 bits per heavy atom. The van der Waals surface area contributed by atoms with Crippen LogP contribution in [0.4, 0.5) is 0 Å². The van der Waals surface area contributed by atoms with E-state index < -0.39 is 0 Å². The molecule has 0 fully saturated rings. The van der Waals surface area contributed by atoms with E-state index in [2.05, 4.69) is 39.9 Å². The van der Waals surface area contributed by atoms with Gasteiger partial charge in [-0.1, -0.05) is 34.6 Å². The first-order chi connectivity index (χ1) is 8.81. The number of carbonyl (C=O) groups is 1. The molecule has 4 heteroatoms. The molecule has 0 unspecified atom stereocenters. The molecule has 1 amide bonds. The van der Waals surface area contributed by atoms with E-state index >= 15 is 0 Å². The summed E-state index contributed by atoms with van der Waals surface area (Å²) in [5, 5.41) is 2.85. The number of amides is 1. The molecule has 0 radical (unpaired) electrons. The largest absolute Gasteiger partial charge is 0.379 e. The highest BCUT2D eigenvalue weighted by atomic mass is 16.5. The lowest BCUT2D eigenvalue weighted by molar-refractivity contribution is -0.121. The van der Waals surface area contributed by atoms with Crippen LogP contribution >= 0.6 is 0 Å². The second-order valence-electron chi connectivity index (χ2n) is 6.51. The summed E-state index contributed by atoms with van der Waals surface area (Å²) in [5.41, 5.74) is 0.199. The van der Waals surface area contributed by atoms with Gasteiger partial charge >= 0.3 is 0 Å². The molecule has 114 valence electrons. The Bertz CT molecular complexity index is 234. The van der Waals surface area contributed by atoms with Gasteiger partial charge in [0.2, 0.25) is 5.91 Å². The van der Waals surface area contributed by atoms with E-state index in [1.807, 2.05) is 0 Å². The van der Waals surface area contributed by atoms with Gasteiger partial charge in [-0.05, 0) is 17.8 Å². The predicted octanol–water partition coefficient (Wildman–Crippen LogP) is 2.62. The highest BCUT2D eigenvalue weighted by Gasteiger charge is 2.09. The van der Waals surface area contributed by atoms with Gasteiger partial charge in [0, 0.05) is 13.0 Å². The number of carbonyl (C=O) groups excluding carboxylic acids is 1. The molecule has 0 atom stereocenters. The standard InChI is InChI=1S/C15H31NO3/c1-13(2)6-7-14(17)16-8-9-18-10-11-19-12-15(3,4)5/h13H,6-12H2,1-5H3,(H,16,17). The van der Waals surface area contributed by atoms with Crippen molar-refractivity contribution in [3.05, 3.63) is 0 Å². The molecule has 0 rings (SSSR count). The molecule has 0 aliphatic rings. The SMILES string of the molecule is CC(C)CCC(=O)NCCOCCOCC(C)(C)C. The minimum atomic E-state index is 0.112. The zero-order chi connectivity index (χ0) is 14.7. The van der Waals surface area contributed by atoms with Crippen molar-refractivity contribution in [3.63, 3.8) is 0 Å². The first kappa shape index (κ1) is 18.4. The van der Waals surface area contributed by atoms with E-state index in [-0.39, 0.29) is 11.3 Å². The minimum Gasteiger partial charge on any atom is -0.379 e. The Kier molecular flexibility index (Phi) is 9.88. The smallest absolute Gasteiger partial charge is 0.220 e. The zero-order valence-electron chi connectivity index (χ0n) is 13.3. The summed E-state index contributed by atoms with van der Waals surface area (Å²) in [6, 6.07) is 0. The molecule has 0 aliphatic heterocycles. The maximum Gasteiger partial charge on any atom is 0.220 e. The molecule has 0 aromatic heterocycles. The fourth-order valence-electron chi connectivity index (χ4n) is 1.37. The third-order valence-corrected chi connectivity index (χ3v) is 2.42. The van der Waals surface area contributed by atoms with Crippen molar-refractivity contribution in [3.8, 4) is 0 Å². The molecule has 0 heterocycles. The van der Waals surface area contributed by atoms with Crippen LogP contribution in [0.2, 0.25) is 0 Å². The lowest BCUT2D eigenvalue weighted by Gasteiger charge is -2.17. The maximum atomic E-state index is 11.4.